The number of methoxy groups -OCH3 is 1. The van der Waals surface area contributed by atoms with E-state index in [1.54, 1.807) is 14.0 Å². The minimum absolute atomic E-state index is 0.120. The van der Waals surface area contributed by atoms with E-state index < -0.39 is 11.5 Å². The number of carbonyl (C=O) groups is 2. The largest absolute Gasteiger partial charge is 0.497 e. The number of benzene rings is 1. The molecule has 1 atom stereocenters. The molecule has 1 aliphatic rings. The topological polar surface area (TPSA) is 76.1 Å². The van der Waals surface area contributed by atoms with Crippen molar-refractivity contribution in [2.24, 2.45) is 0 Å². The van der Waals surface area contributed by atoms with Crippen molar-refractivity contribution in [3.63, 3.8) is 0 Å². The molecule has 0 saturated carbocycles. The fourth-order valence-corrected chi connectivity index (χ4v) is 2.81. The van der Waals surface area contributed by atoms with E-state index >= 15 is 0 Å². The van der Waals surface area contributed by atoms with E-state index in [4.69, 9.17) is 9.47 Å². The SMILES string of the molecule is COc1ccc(OCCCC(=O)N2CCCC2(C)C(=O)O)cc1. The fraction of sp³-hybridized carbons (Fsp3) is 0.529. The molecule has 1 aromatic rings. The molecule has 1 aromatic carbocycles. The highest BCUT2D eigenvalue weighted by Crippen LogP contribution is 2.30. The van der Waals surface area contributed by atoms with E-state index in [0.29, 0.717) is 32.4 Å². The maximum atomic E-state index is 12.3. The van der Waals surface area contributed by atoms with E-state index in [0.717, 1.165) is 17.9 Å². The van der Waals surface area contributed by atoms with E-state index in [2.05, 4.69) is 0 Å². The highest BCUT2D eigenvalue weighted by molar-refractivity contribution is 5.87. The number of hydrogen-bond acceptors (Lipinski definition) is 4. The quantitative estimate of drug-likeness (QED) is 0.780. The van der Waals surface area contributed by atoms with E-state index in [-0.39, 0.29) is 5.91 Å². The summed E-state index contributed by atoms with van der Waals surface area (Å²) in [7, 11) is 1.60. The molecule has 126 valence electrons. The van der Waals surface area contributed by atoms with Crippen molar-refractivity contribution in [1.82, 2.24) is 4.90 Å². The Morgan fingerprint density at radius 3 is 2.52 bits per heavy atom. The molecule has 1 heterocycles. The van der Waals surface area contributed by atoms with E-state index in [1.807, 2.05) is 24.3 Å². The smallest absolute Gasteiger partial charge is 0.329 e. The maximum Gasteiger partial charge on any atom is 0.329 e. The summed E-state index contributed by atoms with van der Waals surface area (Å²) < 4.78 is 10.6. The lowest BCUT2D eigenvalue weighted by Gasteiger charge is -2.31. The fourth-order valence-electron chi connectivity index (χ4n) is 2.81. The van der Waals surface area contributed by atoms with Crippen LogP contribution >= 0.6 is 0 Å². The molecule has 1 N–H and O–H groups in total. The summed E-state index contributed by atoms with van der Waals surface area (Å²) >= 11 is 0. The van der Waals surface area contributed by atoms with Crippen molar-refractivity contribution in [2.75, 3.05) is 20.3 Å². The van der Waals surface area contributed by atoms with Crippen LogP contribution in [0, 0.1) is 0 Å². The van der Waals surface area contributed by atoms with Gasteiger partial charge < -0.3 is 19.5 Å². The number of nitrogens with zero attached hydrogens (tertiary/aromatic N) is 1. The van der Waals surface area contributed by atoms with Crippen molar-refractivity contribution in [3.05, 3.63) is 24.3 Å². The molecular weight excluding hydrogens is 298 g/mol. The number of likely N-dealkylation sites (tertiary alicyclic amines) is 1. The van der Waals surface area contributed by atoms with Crippen LogP contribution in [0.3, 0.4) is 0 Å². The van der Waals surface area contributed by atoms with Gasteiger partial charge in [-0.1, -0.05) is 0 Å². The Kier molecular flexibility index (Phi) is 5.47. The number of carboxylic acids is 1. The third-order valence-electron chi connectivity index (χ3n) is 4.27. The highest BCUT2D eigenvalue weighted by Gasteiger charge is 2.45. The standard InChI is InChI=1S/C17H23NO5/c1-17(16(20)21)10-4-11-18(17)15(19)5-3-12-23-14-8-6-13(22-2)7-9-14/h6-9H,3-5,10-12H2,1-2H3,(H,20,21). The number of ether oxygens (including phenoxy) is 2. The van der Waals surface area contributed by atoms with Gasteiger partial charge in [0.1, 0.15) is 17.0 Å². The molecule has 0 aliphatic carbocycles. The predicted octanol–water partition coefficient (Wildman–Crippen LogP) is 2.32. The molecule has 0 aromatic heterocycles. The summed E-state index contributed by atoms with van der Waals surface area (Å²) in [6, 6.07) is 7.23. The zero-order valence-corrected chi connectivity index (χ0v) is 13.6. The van der Waals surface area contributed by atoms with Gasteiger partial charge in [-0.2, -0.15) is 0 Å². The maximum absolute atomic E-state index is 12.3. The van der Waals surface area contributed by atoms with Crippen LogP contribution < -0.4 is 9.47 Å². The Hall–Kier alpha value is -2.24. The lowest BCUT2D eigenvalue weighted by atomic mass is 9.99. The Bertz CT molecular complexity index is 557. The molecule has 23 heavy (non-hydrogen) atoms. The van der Waals surface area contributed by atoms with Crippen molar-refractivity contribution in [1.29, 1.82) is 0 Å². The normalized spacial score (nSPS) is 20.3. The molecular formula is C17H23NO5. The summed E-state index contributed by atoms with van der Waals surface area (Å²) in [4.78, 5) is 25.1. The molecule has 0 radical (unpaired) electrons. The van der Waals surface area contributed by atoms with Crippen LogP contribution in [0.1, 0.15) is 32.6 Å². The van der Waals surface area contributed by atoms with Crippen LogP contribution in [0.25, 0.3) is 0 Å². The van der Waals surface area contributed by atoms with Crippen molar-refractivity contribution in [3.8, 4) is 11.5 Å². The van der Waals surface area contributed by atoms with Gasteiger partial charge in [0.2, 0.25) is 5.91 Å². The van der Waals surface area contributed by atoms with Gasteiger partial charge in [0.05, 0.1) is 13.7 Å². The lowest BCUT2D eigenvalue weighted by molar-refractivity contribution is -0.155. The Labute approximate surface area is 136 Å². The minimum atomic E-state index is -1.06. The molecule has 1 fully saturated rings. The molecule has 1 unspecified atom stereocenters. The summed E-state index contributed by atoms with van der Waals surface area (Å²) in [5.74, 6) is 0.424. The third kappa shape index (κ3) is 3.94. The average molecular weight is 321 g/mol. The third-order valence-corrected chi connectivity index (χ3v) is 4.27. The first-order valence-electron chi connectivity index (χ1n) is 7.78. The first-order chi connectivity index (χ1) is 11.0. The van der Waals surface area contributed by atoms with Gasteiger partial charge in [-0.25, -0.2) is 4.79 Å². The van der Waals surface area contributed by atoms with E-state index in [1.165, 1.54) is 4.90 Å². The van der Waals surface area contributed by atoms with Crippen molar-refractivity contribution < 1.29 is 24.2 Å². The molecule has 1 amide bonds. The molecule has 1 saturated heterocycles. The lowest BCUT2D eigenvalue weighted by Crippen LogP contribution is -2.50. The summed E-state index contributed by atoms with van der Waals surface area (Å²) in [6.07, 6.45) is 2.09. The minimum Gasteiger partial charge on any atom is -0.497 e. The number of amides is 1. The molecule has 2 rings (SSSR count). The van der Waals surface area contributed by atoms with Gasteiger partial charge in [0.15, 0.2) is 0 Å². The number of carbonyl (C=O) groups excluding carboxylic acids is 1. The predicted molar refractivity (Wildman–Crippen MR) is 84.7 cm³/mol. The Morgan fingerprint density at radius 1 is 1.26 bits per heavy atom. The van der Waals surface area contributed by atoms with Crippen LogP contribution in [0.15, 0.2) is 24.3 Å². The molecule has 1 aliphatic heterocycles. The number of hydrogen-bond donors (Lipinski definition) is 1. The van der Waals surface area contributed by atoms with Crippen LogP contribution in [0.2, 0.25) is 0 Å². The second-order valence-electron chi connectivity index (χ2n) is 5.86. The zero-order valence-electron chi connectivity index (χ0n) is 13.6. The number of carboxylic acid groups (broad SMARTS) is 1. The first kappa shape index (κ1) is 17.1. The Morgan fingerprint density at radius 2 is 1.91 bits per heavy atom. The van der Waals surface area contributed by atoms with Crippen molar-refractivity contribution >= 4 is 11.9 Å². The Balaban J connectivity index is 1.77. The second-order valence-corrected chi connectivity index (χ2v) is 5.86. The number of aliphatic carboxylic acids is 1. The zero-order chi connectivity index (χ0) is 16.9. The summed E-state index contributed by atoms with van der Waals surface area (Å²) in [5.41, 5.74) is -1.06. The van der Waals surface area contributed by atoms with Gasteiger partial charge in [-0.05, 0) is 50.5 Å². The van der Waals surface area contributed by atoms with Gasteiger partial charge in [-0.3, -0.25) is 4.79 Å². The van der Waals surface area contributed by atoms with Crippen LogP contribution in [-0.4, -0.2) is 47.7 Å². The first-order valence-corrected chi connectivity index (χ1v) is 7.78. The molecule has 0 bridgehead atoms. The van der Waals surface area contributed by atoms with Crippen LogP contribution in [0.4, 0.5) is 0 Å². The van der Waals surface area contributed by atoms with Gasteiger partial charge in [0, 0.05) is 13.0 Å². The van der Waals surface area contributed by atoms with Crippen LogP contribution in [0.5, 0.6) is 11.5 Å². The van der Waals surface area contributed by atoms with Crippen LogP contribution in [-0.2, 0) is 9.59 Å². The summed E-state index contributed by atoms with van der Waals surface area (Å²) in [5, 5.41) is 9.33. The van der Waals surface area contributed by atoms with Gasteiger partial charge in [-0.15, -0.1) is 0 Å². The molecule has 6 heteroatoms. The number of rotatable bonds is 7. The van der Waals surface area contributed by atoms with Crippen molar-refractivity contribution in [2.45, 2.75) is 38.1 Å². The monoisotopic (exact) mass is 321 g/mol. The van der Waals surface area contributed by atoms with E-state index in [9.17, 15) is 14.7 Å². The second kappa shape index (κ2) is 7.35. The highest BCUT2D eigenvalue weighted by atomic mass is 16.5. The molecule has 6 nitrogen and oxygen atoms in total. The van der Waals surface area contributed by atoms with Gasteiger partial charge >= 0.3 is 5.97 Å². The van der Waals surface area contributed by atoms with Gasteiger partial charge in [0.25, 0.3) is 0 Å². The molecule has 0 spiro atoms. The summed E-state index contributed by atoms with van der Waals surface area (Å²) in [6.45, 7) is 2.55. The average Bonchev–Trinajstić information content (AvgIpc) is 2.95.